The summed E-state index contributed by atoms with van der Waals surface area (Å²) in [5.74, 6) is -0.0568. The number of amides is 1. The van der Waals surface area contributed by atoms with Crippen LogP contribution in [0.2, 0.25) is 0 Å². The minimum atomic E-state index is -0.0568. The number of nitrogens with zero attached hydrogens (tertiary/aromatic N) is 5. The van der Waals surface area contributed by atoms with Crippen LogP contribution in [0.4, 0.5) is 5.13 Å². The highest BCUT2D eigenvalue weighted by atomic mass is 32.1. The summed E-state index contributed by atoms with van der Waals surface area (Å²) in [6.45, 7) is 7.09. The number of thiazole rings is 1. The molecule has 0 bridgehead atoms. The number of piperazine rings is 1. The second kappa shape index (κ2) is 7.08. The van der Waals surface area contributed by atoms with Gasteiger partial charge < -0.3 is 9.80 Å². The molecule has 0 aliphatic carbocycles. The summed E-state index contributed by atoms with van der Waals surface area (Å²) in [4.78, 5) is 30.7. The first kappa shape index (κ1) is 18.0. The number of para-hydroxylation sites is 2. The fourth-order valence-corrected chi connectivity index (χ4v) is 4.89. The molecule has 2 aromatic heterocycles. The van der Waals surface area contributed by atoms with Crippen molar-refractivity contribution in [3.05, 3.63) is 59.4 Å². The average molecular weight is 404 g/mol. The first-order valence-electron chi connectivity index (χ1n) is 9.72. The van der Waals surface area contributed by atoms with Crippen LogP contribution in [0, 0.1) is 13.8 Å². The molecule has 1 fully saturated rings. The van der Waals surface area contributed by atoms with Gasteiger partial charge in [0.1, 0.15) is 5.69 Å². The van der Waals surface area contributed by atoms with E-state index in [1.54, 1.807) is 17.5 Å². The van der Waals surface area contributed by atoms with Crippen LogP contribution in [-0.2, 0) is 0 Å². The first-order valence-corrected chi connectivity index (χ1v) is 10.5. The minimum absolute atomic E-state index is 0.0568. The zero-order valence-corrected chi connectivity index (χ0v) is 17.2. The summed E-state index contributed by atoms with van der Waals surface area (Å²) in [5.41, 5.74) is 5.52. The largest absolute Gasteiger partial charge is 0.345 e. The average Bonchev–Trinajstić information content (AvgIpc) is 3.17. The molecule has 6 nitrogen and oxygen atoms in total. The molecular weight excluding hydrogens is 382 g/mol. The lowest BCUT2D eigenvalue weighted by Gasteiger charge is -2.34. The van der Waals surface area contributed by atoms with Gasteiger partial charge in [-0.1, -0.05) is 29.5 Å². The van der Waals surface area contributed by atoms with Crippen LogP contribution in [0.5, 0.6) is 0 Å². The van der Waals surface area contributed by atoms with E-state index in [0.29, 0.717) is 18.8 Å². The fourth-order valence-electron chi connectivity index (χ4n) is 3.82. The maximum Gasteiger partial charge on any atom is 0.274 e. The van der Waals surface area contributed by atoms with Gasteiger partial charge in [-0.3, -0.25) is 9.78 Å². The Bertz CT molecular complexity index is 1230. The summed E-state index contributed by atoms with van der Waals surface area (Å²) >= 11 is 1.74. The van der Waals surface area contributed by atoms with Gasteiger partial charge in [0.05, 0.1) is 27.4 Å². The molecule has 0 N–H and O–H groups in total. The Morgan fingerprint density at radius 2 is 1.72 bits per heavy atom. The van der Waals surface area contributed by atoms with Gasteiger partial charge in [0.15, 0.2) is 5.13 Å². The molecule has 1 aliphatic rings. The summed E-state index contributed by atoms with van der Waals surface area (Å²) in [6, 6.07) is 11.9. The molecule has 1 amide bonds. The van der Waals surface area contributed by atoms with E-state index >= 15 is 0 Å². The second-order valence-corrected chi connectivity index (χ2v) is 8.43. The van der Waals surface area contributed by atoms with Crippen molar-refractivity contribution < 1.29 is 4.79 Å². The van der Waals surface area contributed by atoms with Gasteiger partial charge in [0.2, 0.25) is 0 Å². The molecule has 29 heavy (non-hydrogen) atoms. The number of hydrogen-bond donors (Lipinski definition) is 0. The van der Waals surface area contributed by atoms with Crippen molar-refractivity contribution in [3.8, 4) is 0 Å². The molecule has 0 spiro atoms. The molecule has 7 heteroatoms. The lowest BCUT2D eigenvalue weighted by atomic mass is 10.1. The highest BCUT2D eigenvalue weighted by molar-refractivity contribution is 7.22. The Hall–Kier alpha value is -3.06. The monoisotopic (exact) mass is 403 g/mol. The summed E-state index contributed by atoms with van der Waals surface area (Å²) < 4.78 is 1.25. The molecule has 0 saturated carbocycles. The van der Waals surface area contributed by atoms with Crippen molar-refractivity contribution in [2.24, 2.45) is 0 Å². The van der Waals surface area contributed by atoms with Crippen LogP contribution in [-0.4, -0.2) is 51.9 Å². The molecule has 0 radical (unpaired) electrons. The Balaban J connectivity index is 1.32. The summed E-state index contributed by atoms with van der Waals surface area (Å²) in [5, 5.41) is 1.03. The van der Waals surface area contributed by atoms with E-state index in [2.05, 4.69) is 40.8 Å². The van der Waals surface area contributed by atoms with Crippen molar-refractivity contribution in [1.29, 1.82) is 0 Å². The number of carbonyl (C=O) groups is 1. The van der Waals surface area contributed by atoms with Crippen molar-refractivity contribution in [1.82, 2.24) is 19.9 Å². The third kappa shape index (κ3) is 3.31. The van der Waals surface area contributed by atoms with E-state index in [1.165, 1.54) is 15.8 Å². The first-order chi connectivity index (χ1) is 14.1. The van der Waals surface area contributed by atoms with Crippen molar-refractivity contribution >= 4 is 43.6 Å². The normalized spacial score (nSPS) is 14.7. The Morgan fingerprint density at radius 1 is 0.966 bits per heavy atom. The third-order valence-electron chi connectivity index (χ3n) is 5.31. The van der Waals surface area contributed by atoms with Gasteiger partial charge in [-0.2, -0.15) is 0 Å². The van der Waals surface area contributed by atoms with Crippen LogP contribution in [0.1, 0.15) is 21.6 Å². The minimum Gasteiger partial charge on any atom is -0.345 e. The van der Waals surface area contributed by atoms with Crippen molar-refractivity contribution in [2.75, 3.05) is 31.1 Å². The molecule has 0 unspecified atom stereocenters. The van der Waals surface area contributed by atoms with E-state index in [0.717, 1.165) is 34.8 Å². The quantitative estimate of drug-likeness (QED) is 0.509. The number of anilines is 1. The molecule has 1 saturated heterocycles. The van der Waals surface area contributed by atoms with Crippen LogP contribution < -0.4 is 4.90 Å². The van der Waals surface area contributed by atoms with Crippen LogP contribution in [0.3, 0.4) is 0 Å². The Kier molecular flexibility index (Phi) is 4.39. The number of fused-ring (bicyclic) bond motifs is 2. The Morgan fingerprint density at radius 3 is 2.52 bits per heavy atom. The van der Waals surface area contributed by atoms with Gasteiger partial charge in [-0.05, 0) is 43.2 Å². The molecule has 2 aromatic carbocycles. The molecule has 5 rings (SSSR count). The predicted molar refractivity (Wildman–Crippen MR) is 117 cm³/mol. The van der Waals surface area contributed by atoms with E-state index in [-0.39, 0.29) is 5.91 Å². The number of aryl methyl sites for hydroxylation is 2. The fraction of sp³-hybridized carbons (Fsp3) is 0.273. The second-order valence-electron chi connectivity index (χ2n) is 7.45. The highest BCUT2D eigenvalue weighted by Gasteiger charge is 2.25. The number of hydrogen-bond acceptors (Lipinski definition) is 6. The SMILES string of the molecule is Cc1cc(C)c2sc(N3CCN(C(=O)c4cnc5ccccc5n4)CC3)nc2c1. The van der Waals surface area contributed by atoms with Crippen LogP contribution in [0.25, 0.3) is 21.3 Å². The lowest BCUT2D eigenvalue weighted by molar-refractivity contribution is 0.0741. The molecular formula is C22H21N5OS. The standard InChI is InChI=1S/C22H21N5OS/c1-14-11-15(2)20-18(12-14)25-22(29-20)27-9-7-26(8-10-27)21(28)19-13-23-16-5-3-4-6-17(16)24-19/h3-6,11-13H,7-10H2,1-2H3. The highest BCUT2D eigenvalue weighted by Crippen LogP contribution is 2.32. The van der Waals surface area contributed by atoms with E-state index in [4.69, 9.17) is 4.98 Å². The van der Waals surface area contributed by atoms with Gasteiger partial charge in [0, 0.05) is 26.2 Å². The summed E-state index contributed by atoms with van der Waals surface area (Å²) in [7, 11) is 0. The number of aromatic nitrogens is 3. The maximum absolute atomic E-state index is 12.9. The zero-order chi connectivity index (χ0) is 20.0. The van der Waals surface area contributed by atoms with Gasteiger partial charge in [-0.15, -0.1) is 0 Å². The summed E-state index contributed by atoms with van der Waals surface area (Å²) in [6.07, 6.45) is 1.58. The van der Waals surface area contributed by atoms with E-state index in [9.17, 15) is 4.79 Å². The van der Waals surface area contributed by atoms with Gasteiger partial charge >= 0.3 is 0 Å². The molecule has 1 aliphatic heterocycles. The van der Waals surface area contributed by atoms with Gasteiger partial charge in [-0.25, -0.2) is 9.97 Å². The Labute approximate surface area is 172 Å². The number of carbonyl (C=O) groups excluding carboxylic acids is 1. The maximum atomic E-state index is 12.9. The number of rotatable bonds is 2. The van der Waals surface area contributed by atoms with E-state index < -0.39 is 0 Å². The van der Waals surface area contributed by atoms with Crippen molar-refractivity contribution in [3.63, 3.8) is 0 Å². The lowest BCUT2D eigenvalue weighted by Crippen LogP contribution is -2.49. The van der Waals surface area contributed by atoms with Crippen molar-refractivity contribution in [2.45, 2.75) is 13.8 Å². The smallest absolute Gasteiger partial charge is 0.274 e. The molecule has 3 heterocycles. The topological polar surface area (TPSA) is 62.2 Å². The van der Waals surface area contributed by atoms with Gasteiger partial charge in [0.25, 0.3) is 5.91 Å². The molecule has 146 valence electrons. The molecule has 0 atom stereocenters. The van der Waals surface area contributed by atoms with E-state index in [1.807, 2.05) is 29.2 Å². The predicted octanol–water partition coefficient (Wildman–Crippen LogP) is 3.82. The van der Waals surface area contributed by atoms with Crippen LogP contribution >= 0.6 is 11.3 Å². The third-order valence-corrected chi connectivity index (χ3v) is 6.58. The number of benzene rings is 2. The zero-order valence-electron chi connectivity index (χ0n) is 16.4. The van der Waals surface area contributed by atoms with Crippen LogP contribution in [0.15, 0.2) is 42.6 Å². The molecule has 4 aromatic rings.